The number of nitrogens with zero attached hydrogens (tertiary/aromatic N) is 1. The summed E-state index contributed by atoms with van der Waals surface area (Å²) in [5.41, 5.74) is 7.60. The van der Waals surface area contributed by atoms with E-state index in [1.165, 1.54) is 0 Å². The van der Waals surface area contributed by atoms with Crippen molar-refractivity contribution in [1.29, 1.82) is 0 Å². The third kappa shape index (κ3) is 1.00. The van der Waals surface area contributed by atoms with Gasteiger partial charge in [0.2, 0.25) is 0 Å². The van der Waals surface area contributed by atoms with Gasteiger partial charge in [-0.3, -0.25) is 0 Å². The van der Waals surface area contributed by atoms with Gasteiger partial charge < -0.3 is 5.73 Å². The Morgan fingerprint density at radius 2 is 2.40 bits per heavy atom. The van der Waals surface area contributed by atoms with E-state index in [9.17, 15) is 0 Å². The highest BCUT2D eigenvalue weighted by atomic mass is 14.8. The summed E-state index contributed by atoms with van der Waals surface area (Å²) >= 11 is 0. The maximum absolute atomic E-state index is 5.55. The van der Waals surface area contributed by atoms with Crippen molar-refractivity contribution in [2.75, 3.05) is 5.73 Å². The molecule has 0 radical (unpaired) electrons. The predicted molar refractivity (Wildman–Crippen MR) is 43.5 cm³/mol. The summed E-state index contributed by atoms with van der Waals surface area (Å²) in [5, 5.41) is 0. The van der Waals surface area contributed by atoms with Gasteiger partial charge in [-0.1, -0.05) is 12.7 Å². The van der Waals surface area contributed by atoms with E-state index < -0.39 is 0 Å². The Balaban J connectivity index is 3.30. The van der Waals surface area contributed by atoms with Gasteiger partial charge in [-0.25, -0.2) is 4.98 Å². The van der Waals surface area contributed by atoms with Gasteiger partial charge in [0.1, 0.15) is 5.82 Å². The Labute approximate surface area is 60.4 Å². The summed E-state index contributed by atoms with van der Waals surface area (Å²) < 4.78 is 0. The molecule has 0 amide bonds. The van der Waals surface area contributed by atoms with Crippen molar-refractivity contribution in [3.63, 3.8) is 0 Å². The van der Waals surface area contributed by atoms with Crippen LogP contribution in [0.15, 0.2) is 18.8 Å². The molecule has 1 rings (SSSR count). The van der Waals surface area contributed by atoms with Crippen molar-refractivity contribution < 1.29 is 0 Å². The molecule has 2 nitrogen and oxygen atoms in total. The molecule has 2 N–H and O–H groups in total. The summed E-state index contributed by atoms with van der Waals surface area (Å²) in [6.45, 7) is 5.61. The van der Waals surface area contributed by atoms with E-state index in [-0.39, 0.29) is 0 Å². The molecule has 0 saturated heterocycles. The average Bonchev–Trinajstić information content (AvgIpc) is 1.88. The lowest BCUT2D eigenvalue weighted by molar-refractivity contribution is 1.28. The molecular weight excluding hydrogens is 124 g/mol. The second-order valence-corrected chi connectivity index (χ2v) is 2.13. The van der Waals surface area contributed by atoms with E-state index in [0.717, 1.165) is 11.1 Å². The Hall–Kier alpha value is -1.31. The molecule has 0 bridgehead atoms. The zero-order valence-electron chi connectivity index (χ0n) is 5.96. The fourth-order valence-corrected chi connectivity index (χ4v) is 0.856. The molecule has 0 unspecified atom stereocenters. The molecule has 2 heteroatoms. The highest BCUT2D eigenvalue weighted by Gasteiger charge is 1.96. The Morgan fingerprint density at radius 3 is 2.80 bits per heavy atom. The Kier molecular flexibility index (Phi) is 1.71. The molecule has 10 heavy (non-hydrogen) atoms. The molecule has 0 spiro atoms. The first kappa shape index (κ1) is 6.81. The van der Waals surface area contributed by atoms with Crippen LogP contribution in [0.4, 0.5) is 5.82 Å². The SMILES string of the molecule is C=Cc1c(C)ccnc1N. The van der Waals surface area contributed by atoms with Gasteiger partial charge in [0.05, 0.1) is 0 Å². The van der Waals surface area contributed by atoms with Crippen molar-refractivity contribution in [3.8, 4) is 0 Å². The zero-order chi connectivity index (χ0) is 7.56. The van der Waals surface area contributed by atoms with Crippen molar-refractivity contribution in [1.82, 2.24) is 4.98 Å². The third-order valence-electron chi connectivity index (χ3n) is 1.44. The lowest BCUT2D eigenvalue weighted by Gasteiger charge is -2.00. The normalized spacial score (nSPS) is 9.30. The Morgan fingerprint density at radius 1 is 1.70 bits per heavy atom. The number of pyridine rings is 1. The van der Waals surface area contributed by atoms with Gasteiger partial charge >= 0.3 is 0 Å². The number of nitrogens with two attached hydrogens (primary N) is 1. The number of hydrogen-bond acceptors (Lipinski definition) is 2. The molecule has 0 saturated carbocycles. The fourth-order valence-electron chi connectivity index (χ4n) is 0.856. The van der Waals surface area contributed by atoms with Crippen molar-refractivity contribution >= 4 is 11.9 Å². The highest BCUT2D eigenvalue weighted by Crippen LogP contribution is 2.13. The Bertz CT molecular complexity index is 233. The lowest BCUT2D eigenvalue weighted by Crippen LogP contribution is -1.94. The van der Waals surface area contributed by atoms with Crippen LogP contribution in [0.25, 0.3) is 6.08 Å². The van der Waals surface area contributed by atoms with E-state index in [2.05, 4.69) is 11.6 Å². The van der Waals surface area contributed by atoms with E-state index >= 15 is 0 Å². The molecule has 1 aromatic rings. The van der Waals surface area contributed by atoms with Gasteiger partial charge in [-0.05, 0) is 18.6 Å². The standard InChI is InChI=1S/C8H10N2/c1-3-7-6(2)4-5-10-8(7)9/h3-5H,1H2,2H3,(H2,9,10). The van der Waals surface area contributed by atoms with Crippen LogP contribution in [0, 0.1) is 6.92 Å². The summed E-state index contributed by atoms with van der Waals surface area (Å²) in [6, 6.07) is 1.91. The van der Waals surface area contributed by atoms with Gasteiger partial charge in [0.15, 0.2) is 0 Å². The lowest BCUT2D eigenvalue weighted by atomic mass is 10.1. The molecule has 52 valence electrons. The summed E-state index contributed by atoms with van der Waals surface area (Å²) in [4.78, 5) is 3.92. The van der Waals surface area contributed by atoms with Gasteiger partial charge in [-0.2, -0.15) is 0 Å². The van der Waals surface area contributed by atoms with Crippen molar-refractivity contribution in [3.05, 3.63) is 30.0 Å². The molecule has 0 aliphatic heterocycles. The van der Waals surface area contributed by atoms with E-state index in [1.807, 2.05) is 13.0 Å². The first-order valence-corrected chi connectivity index (χ1v) is 3.09. The fraction of sp³-hybridized carbons (Fsp3) is 0.125. The van der Waals surface area contributed by atoms with Gasteiger partial charge in [0.25, 0.3) is 0 Å². The van der Waals surface area contributed by atoms with E-state index in [1.54, 1.807) is 12.3 Å². The van der Waals surface area contributed by atoms with Crippen LogP contribution in [-0.4, -0.2) is 4.98 Å². The number of aromatic nitrogens is 1. The molecular formula is C8H10N2. The maximum atomic E-state index is 5.55. The van der Waals surface area contributed by atoms with Gasteiger partial charge in [0, 0.05) is 11.8 Å². The first-order chi connectivity index (χ1) is 4.75. The van der Waals surface area contributed by atoms with Crippen LogP contribution >= 0.6 is 0 Å². The summed E-state index contributed by atoms with van der Waals surface area (Å²) in [7, 11) is 0. The predicted octanol–water partition coefficient (Wildman–Crippen LogP) is 1.62. The first-order valence-electron chi connectivity index (χ1n) is 3.09. The zero-order valence-corrected chi connectivity index (χ0v) is 5.96. The van der Waals surface area contributed by atoms with Gasteiger partial charge in [-0.15, -0.1) is 0 Å². The van der Waals surface area contributed by atoms with E-state index in [4.69, 9.17) is 5.73 Å². The minimum absolute atomic E-state index is 0.551. The maximum Gasteiger partial charge on any atom is 0.130 e. The largest absolute Gasteiger partial charge is 0.383 e. The second kappa shape index (κ2) is 2.52. The minimum Gasteiger partial charge on any atom is -0.383 e. The van der Waals surface area contributed by atoms with Crippen LogP contribution in [0.1, 0.15) is 11.1 Å². The molecule has 0 atom stereocenters. The quantitative estimate of drug-likeness (QED) is 0.633. The number of anilines is 1. The molecule has 0 fully saturated rings. The monoisotopic (exact) mass is 134 g/mol. The minimum atomic E-state index is 0.551. The molecule has 0 aliphatic carbocycles. The number of nitrogen functional groups attached to an aromatic ring is 1. The number of rotatable bonds is 1. The third-order valence-corrected chi connectivity index (χ3v) is 1.44. The highest BCUT2D eigenvalue weighted by molar-refractivity contribution is 5.62. The molecule has 1 heterocycles. The van der Waals surface area contributed by atoms with Crippen LogP contribution in [0.5, 0.6) is 0 Å². The van der Waals surface area contributed by atoms with Crippen LogP contribution in [0.3, 0.4) is 0 Å². The van der Waals surface area contributed by atoms with Crippen LogP contribution in [0.2, 0.25) is 0 Å². The topological polar surface area (TPSA) is 38.9 Å². The smallest absolute Gasteiger partial charge is 0.130 e. The number of hydrogen-bond donors (Lipinski definition) is 1. The van der Waals surface area contributed by atoms with E-state index in [0.29, 0.717) is 5.82 Å². The van der Waals surface area contributed by atoms with Crippen LogP contribution < -0.4 is 5.73 Å². The second-order valence-electron chi connectivity index (χ2n) is 2.13. The molecule has 0 aromatic carbocycles. The average molecular weight is 134 g/mol. The molecule has 0 aliphatic rings. The van der Waals surface area contributed by atoms with Crippen molar-refractivity contribution in [2.24, 2.45) is 0 Å². The summed E-state index contributed by atoms with van der Waals surface area (Å²) in [6.07, 6.45) is 3.41. The number of aryl methyl sites for hydroxylation is 1. The van der Waals surface area contributed by atoms with Crippen LogP contribution in [-0.2, 0) is 0 Å². The molecule has 1 aromatic heterocycles. The van der Waals surface area contributed by atoms with Crippen molar-refractivity contribution in [2.45, 2.75) is 6.92 Å². The summed E-state index contributed by atoms with van der Waals surface area (Å²) in [5.74, 6) is 0.551.